The van der Waals surface area contributed by atoms with Crippen molar-refractivity contribution in [3.63, 3.8) is 0 Å². The summed E-state index contributed by atoms with van der Waals surface area (Å²) in [5.41, 5.74) is 11.0. The minimum absolute atomic E-state index is 0.462. The van der Waals surface area contributed by atoms with Crippen molar-refractivity contribution in [3.05, 3.63) is 491 Å². The van der Waals surface area contributed by atoms with Gasteiger partial charge in [-0.2, -0.15) is 0 Å². The van der Waals surface area contributed by atoms with Crippen molar-refractivity contribution in [1.82, 2.24) is 15.0 Å². The fraction of sp³-hybridized carbons (Fsp3) is 0. The Bertz CT molecular complexity index is 6600. The fourth-order valence-electron chi connectivity index (χ4n) is 15.9. The van der Waals surface area contributed by atoms with Gasteiger partial charge in [-0.25, -0.2) is 15.0 Å². The van der Waals surface area contributed by atoms with Crippen LogP contribution in [0.3, 0.4) is 0 Å². The Morgan fingerprint density at radius 3 is 0.645 bits per heavy atom. The van der Waals surface area contributed by atoms with E-state index in [4.69, 9.17) is 24.1 Å². The van der Waals surface area contributed by atoms with Gasteiger partial charge in [-0.05, 0) is 112 Å². The number of furan rings is 1. The normalized spacial score (nSPS) is 11.5. The maximum Gasteiger partial charge on any atom is 0.174 e. The summed E-state index contributed by atoms with van der Waals surface area (Å²) in [5.74, 6) is 2.85. The summed E-state index contributed by atoms with van der Waals surface area (Å²) in [6, 6.07) is 160. The SMILES string of the molecule is O=P(c1ccccc1)(c1ccccc1)c1ccc2oc3ccc(P(=O)(c4ccccc4)c4ccccc4)cc3c2c1.O=P(c1ccccc1)(c1ccccc1)c1ccccc1Oc1ccccc1P(=O)(c1ccccc1)c1ccccc1.c1ccc(-c2cccc(-c3nc(-c4cccc(-c5ccccc5)c4)nc(-c4cccc(-c5ccccc5)c4)n3)c2)cc1. The first-order valence-corrected chi connectivity index (χ1v) is 47.8. The van der Waals surface area contributed by atoms with Crippen molar-refractivity contribution in [2.45, 2.75) is 0 Å². The first kappa shape index (κ1) is 80.5. The van der Waals surface area contributed by atoms with Crippen LogP contribution in [0.5, 0.6) is 11.5 Å². The van der Waals surface area contributed by atoms with Gasteiger partial charge in [0.05, 0.1) is 10.6 Å². The molecule has 0 bridgehead atoms. The van der Waals surface area contributed by atoms with Crippen LogP contribution in [0.25, 0.3) is 89.5 Å². The van der Waals surface area contributed by atoms with E-state index in [1.54, 1.807) is 0 Å². The summed E-state index contributed by atoms with van der Waals surface area (Å²) in [5, 5.41) is 10.3. The molecular formula is C111H81N3O6P4. The molecule has 0 aliphatic rings. The van der Waals surface area contributed by atoms with Gasteiger partial charge in [0.2, 0.25) is 0 Å². The molecule has 2 aromatic heterocycles. The molecule has 20 aromatic rings. The maximum absolute atomic E-state index is 15.2. The highest BCUT2D eigenvalue weighted by Gasteiger charge is 2.37. The minimum atomic E-state index is -3.32. The molecule has 0 saturated carbocycles. The first-order chi connectivity index (χ1) is 61.0. The molecule has 0 radical (unpaired) electrons. The van der Waals surface area contributed by atoms with E-state index in [1.165, 1.54) is 0 Å². The van der Waals surface area contributed by atoms with Gasteiger partial charge in [0.1, 0.15) is 22.7 Å². The molecule has 13 heteroatoms. The molecule has 18 aromatic carbocycles. The number of fused-ring (bicyclic) bond motifs is 3. The quantitative estimate of drug-likeness (QED) is 0.0685. The lowest BCUT2D eigenvalue weighted by molar-refractivity contribution is 0.489. The molecule has 0 atom stereocenters. The van der Waals surface area contributed by atoms with Crippen molar-refractivity contribution < 1.29 is 27.4 Å². The Morgan fingerprint density at radius 2 is 0.387 bits per heavy atom. The summed E-state index contributed by atoms with van der Waals surface area (Å²) < 4.78 is 73.4. The molecule has 0 fully saturated rings. The van der Waals surface area contributed by atoms with Gasteiger partial charge in [0.25, 0.3) is 0 Å². The Balaban J connectivity index is 0.000000127. The summed E-state index contributed by atoms with van der Waals surface area (Å²) in [4.78, 5) is 15.1. The monoisotopic (exact) mass is 1680 g/mol. The number of benzene rings is 18. The van der Waals surface area contributed by atoms with Crippen molar-refractivity contribution in [1.29, 1.82) is 0 Å². The number of ether oxygens (including phenoxy) is 1. The standard InChI is InChI=1S/C39H27N3.C36H26O3P2.C36H28O3P2/c1-4-13-28(14-5-1)31-19-10-22-34(25-31)37-40-38(35-23-11-20-32(26-35)29-15-6-2-7-16-29)42-39(41-37)36-24-12-21-33(27-36)30-17-8-3-9-18-30;37-40(27-13-5-1-6-14-27,28-15-7-2-8-16-28)31-21-23-35-33(25-31)34-26-32(22-24-36(34)39-35)41(38,29-17-9-3-10-18-29)30-19-11-4-12-20-30;37-40(29-17-5-1-6-18-29,30-19-7-2-8-20-30)35-27-15-13-25-33(35)39-34-26-14-16-28-36(34)41(38,31-21-9-3-10-22-31)32-23-11-4-12-24-32/h1-27H;1-26H;1-28H. The van der Waals surface area contributed by atoms with E-state index in [0.717, 1.165) is 114 Å². The number of rotatable bonds is 20. The Kier molecular flexibility index (Phi) is 23.7. The molecule has 0 spiro atoms. The summed E-state index contributed by atoms with van der Waals surface area (Å²) in [6.07, 6.45) is 0. The van der Waals surface area contributed by atoms with Crippen molar-refractivity contribution in [2.24, 2.45) is 0 Å². The van der Waals surface area contributed by atoms with E-state index >= 15 is 18.3 Å². The lowest BCUT2D eigenvalue weighted by Gasteiger charge is -2.25. The van der Waals surface area contributed by atoms with E-state index in [9.17, 15) is 0 Å². The van der Waals surface area contributed by atoms with Crippen LogP contribution >= 0.6 is 28.6 Å². The number of nitrogens with zero attached hydrogens (tertiary/aromatic N) is 3. The van der Waals surface area contributed by atoms with Gasteiger partial charge in [-0.3, -0.25) is 0 Å². The number of aromatic nitrogens is 3. The van der Waals surface area contributed by atoms with Gasteiger partial charge in [-0.1, -0.05) is 413 Å². The van der Waals surface area contributed by atoms with Gasteiger partial charge in [0.15, 0.2) is 46.0 Å². The highest BCUT2D eigenvalue weighted by molar-refractivity contribution is 7.86. The molecule has 9 nitrogen and oxygen atoms in total. The zero-order valence-corrected chi connectivity index (χ0v) is 70.9. The third kappa shape index (κ3) is 16.5. The highest BCUT2D eigenvalue weighted by atomic mass is 31.2. The zero-order valence-electron chi connectivity index (χ0n) is 67.3. The average molecular weight is 1680 g/mol. The lowest BCUT2D eigenvalue weighted by atomic mass is 10.0. The van der Waals surface area contributed by atoms with E-state index < -0.39 is 28.6 Å². The molecule has 0 aliphatic carbocycles. The van der Waals surface area contributed by atoms with Gasteiger partial charge >= 0.3 is 0 Å². The van der Waals surface area contributed by atoms with Crippen molar-refractivity contribution in [3.8, 4) is 79.0 Å². The Morgan fingerprint density at radius 1 is 0.177 bits per heavy atom. The zero-order chi connectivity index (χ0) is 84.1. The fourth-order valence-corrected chi connectivity index (χ4v) is 26.8. The number of hydrogen-bond donors (Lipinski definition) is 0. The molecule has 2 heterocycles. The molecule has 20 rings (SSSR count). The van der Waals surface area contributed by atoms with Crippen LogP contribution in [0.15, 0.2) is 496 Å². The second-order valence-corrected chi connectivity index (χ2v) is 40.8. The van der Waals surface area contributed by atoms with E-state index in [2.05, 4.69) is 146 Å². The van der Waals surface area contributed by atoms with Crippen molar-refractivity contribution in [2.75, 3.05) is 0 Å². The van der Waals surface area contributed by atoms with Gasteiger partial charge in [0, 0.05) is 80.5 Å². The topological polar surface area (TPSA) is 129 Å². The summed E-state index contributed by atoms with van der Waals surface area (Å²) in [6.45, 7) is 0. The van der Waals surface area contributed by atoms with E-state index in [1.807, 2.05) is 346 Å². The first-order valence-electron chi connectivity index (χ1n) is 40.9. The summed E-state index contributed by atoms with van der Waals surface area (Å²) in [7, 11) is -13.0. The molecule has 596 valence electrons. The minimum Gasteiger partial charge on any atom is -0.456 e. The van der Waals surface area contributed by atoms with Crippen LogP contribution in [0.1, 0.15) is 0 Å². The molecule has 0 saturated heterocycles. The lowest BCUT2D eigenvalue weighted by Crippen LogP contribution is -2.27. The summed E-state index contributed by atoms with van der Waals surface area (Å²) >= 11 is 0. The predicted octanol–water partition coefficient (Wildman–Crippen LogP) is 23.5. The van der Waals surface area contributed by atoms with Gasteiger partial charge in [-0.15, -0.1) is 0 Å². The molecule has 0 unspecified atom stereocenters. The van der Waals surface area contributed by atoms with Crippen LogP contribution in [0.4, 0.5) is 0 Å². The Hall–Kier alpha value is -14.5. The molecular weight excluding hydrogens is 1600 g/mol. The second kappa shape index (κ2) is 36.4. The van der Waals surface area contributed by atoms with E-state index in [-0.39, 0.29) is 0 Å². The predicted molar refractivity (Wildman–Crippen MR) is 517 cm³/mol. The van der Waals surface area contributed by atoms with E-state index in [0.29, 0.717) is 50.7 Å². The van der Waals surface area contributed by atoms with Crippen LogP contribution in [0, 0.1) is 0 Å². The van der Waals surface area contributed by atoms with Crippen LogP contribution in [0.2, 0.25) is 0 Å². The molecule has 0 aliphatic heterocycles. The largest absolute Gasteiger partial charge is 0.456 e. The van der Waals surface area contributed by atoms with Crippen LogP contribution in [-0.4, -0.2) is 15.0 Å². The second-order valence-electron chi connectivity index (χ2n) is 29.8. The highest BCUT2D eigenvalue weighted by Crippen LogP contribution is 2.50. The number of para-hydroxylation sites is 2. The molecule has 124 heavy (non-hydrogen) atoms. The smallest absolute Gasteiger partial charge is 0.174 e. The average Bonchev–Trinajstić information content (AvgIpc) is 1.54. The third-order valence-corrected chi connectivity index (χ3v) is 34.4. The van der Waals surface area contributed by atoms with Crippen LogP contribution < -0.4 is 68.4 Å². The Labute approximate surface area is 722 Å². The number of hydrogen-bond acceptors (Lipinski definition) is 9. The van der Waals surface area contributed by atoms with Gasteiger partial charge < -0.3 is 27.4 Å². The maximum atomic E-state index is 15.2. The molecule has 0 N–H and O–H groups in total. The van der Waals surface area contributed by atoms with Crippen molar-refractivity contribution >= 4 is 114 Å². The molecule has 0 amide bonds. The van der Waals surface area contributed by atoms with Crippen LogP contribution in [-0.2, 0) is 18.3 Å². The third-order valence-electron chi connectivity index (χ3n) is 22.1.